The summed E-state index contributed by atoms with van der Waals surface area (Å²) in [7, 11) is 0. The van der Waals surface area contributed by atoms with Crippen molar-refractivity contribution in [1.82, 2.24) is 19.1 Å². The zero-order chi connectivity index (χ0) is 46.9. The molecule has 10 heteroatoms. The minimum Gasteiger partial charge on any atom is -0.308 e. The molecule has 0 amide bonds. The quantitative estimate of drug-likeness (QED) is 0.0909. The third kappa shape index (κ3) is 6.66. The highest BCUT2D eigenvalue weighted by atomic mass is 19.2. The average Bonchev–Trinajstić information content (AvgIpc) is 3.92. The van der Waals surface area contributed by atoms with Gasteiger partial charge in [-0.3, -0.25) is 0 Å². The van der Waals surface area contributed by atoms with Crippen LogP contribution in [0, 0.1) is 40.4 Å². The van der Waals surface area contributed by atoms with Crippen LogP contribution >= 0.6 is 0 Å². The molecule has 69 heavy (non-hydrogen) atoms. The van der Waals surface area contributed by atoms with Gasteiger partial charge in [0.2, 0.25) is 5.82 Å². The van der Waals surface area contributed by atoms with Crippen LogP contribution in [0.5, 0.6) is 0 Å². The van der Waals surface area contributed by atoms with E-state index in [-0.39, 0.29) is 22.5 Å². The lowest BCUT2D eigenvalue weighted by Crippen LogP contribution is -2.08. The standard InChI is InChI=1S/C59H32F5N5/c60-55-54(56(61)58(63)59(64)57(55)62)38-31-52(68-48-23-9-7-17-39(48)41-29-36(25-27-50(41)68)46-21-11-19-44(66-46)34-13-3-1-4-14-34)43(33-65)53(32-38)69-49-24-10-8-18-40(49)42-30-37(26-28-51(42)69)47-22-12-20-45(67-47)35-15-5-2-6-16-35/h1-32H. The van der Waals surface area contributed by atoms with Crippen molar-refractivity contribution in [1.29, 1.82) is 5.26 Å². The van der Waals surface area contributed by atoms with E-state index in [1.807, 2.05) is 182 Å². The van der Waals surface area contributed by atoms with Crippen LogP contribution in [0.15, 0.2) is 194 Å². The molecule has 0 fully saturated rings. The Morgan fingerprint density at radius 2 is 0.710 bits per heavy atom. The van der Waals surface area contributed by atoms with Crippen molar-refractivity contribution in [3.8, 4) is 73.6 Å². The van der Waals surface area contributed by atoms with Gasteiger partial charge < -0.3 is 9.13 Å². The van der Waals surface area contributed by atoms with E-state index in [2.05, 4.69) is 6.07 Å². The lowest BCUT2D eigenvalue weighted by atomic mass is 9.98. The van der Waals surface area contributed by atoms with Gasteiger partial charge in [-0.2, -0.15) is 5.26 Å². The topological polar surface area (TPSA) is 59.4 Å². The molecule has 0 unspecified atom stereocenters. The van der Waals surface area contributed by atoms with Gasteiger partial charge in [0.05, 0.1) is 61.8 Å². The molecule has 0 radical (unpaired) electrons. The molecule has 0 saturated carbocycles. The number of benzene rings is 8. The van der Waals surface area contributed by atoms with Gasteiger partial charge in [0.25, 0.3) is 0 Å². The molecule has 12 rings (SSSR count). The number of hydrogen-bond acceptors (Lipinski definition) is 3. The minimum absolute atomic E-state index is 0.0792. The van der Waals surface area contributed by atoms with Crippen molar-refractivity contribution in [3.05, 3.63) is 229 Å². The number of para-hydroxylation sites is 2. The van der Waals surface area contributed by atoms with E-state index in [1.54, 1.807) is 9.13 Å². The lowest BCUT2D eigenvalue weighted by molar-refractivity contribution is 0.381. The summed E-state index contributed by atoms with van der Waals surface area (Å²) in [6.45, 7) is 0. The van der Waals surface area contributed by atoms with Crippen LogP contribution in [0.2, 0.25) is 0 Å². The summed E-state index contributed by atoms with van der Waals surface area (Å²) in [5, 5.41) is 14.5. The van der Waals surface area contributed by atoms with E-state index in [0.717, 1.165) is 66.6 Å². The van der Waals surface area contributed by atoms with Gasteiger partial charge in [-0.1, -0.05) is 121 Å². The zero-order valence-corrected chi connectivity index (χ0v) is 36.1. The summed E-state index contributed by atoms with van der Waals surface area (Å²) in [6, 6.07) is 62.9. The molecule has 0 bridgehead atoms. The van der Waals surface area contributed by atoms with Crippen LogP contribution in [0.1, 0.15) is 5.56 Å². The summed E-state index contributed by atoms with van der Waals surface area (Å²) in [6.07, 6.45) is 0. The Labute approximate surface area is 390 Å². The predicted octanol–water partition coefficient (Wildman–Crippen LogP) is 15.6. The average molecular weight is 906 g/mol. The highest BCUT2D eigenvalue weighted by Gasteiger charge is 2.30. The number of halogens is 5. The fourth-order valence-corrected chi connectivity index (χ4v) is 9.60. The third-order valence-corrected chi connectivity index (χ3v) is 12.8. The number of nitrogens with zero attached hydrogens (tertiary/aromatic N) is 5. The Hall–Kier alpha value is -9.20. The fraction of sp³-hybridized carbons (Fsp3) is 0. The Bertz CT molecular complexity index is 3850. The maximum Gasteiger partial charge on any atom is 0.200 e. The summed E-state index contributed by atoms with van der Waals surface area (Å²) in [4.78, 5) is 9.98. The van der Waals surface area contributed by atoms with Gasteiger partial charge in [0, 0.05) is 43.8 Å². The smallest absolute Gasteiger partial charge is 0.200 e. The molecule has 0 spiro atoms. The van der Waals surface area contributed by atoms with Crippen molar-refractivity contribution < 1.29 is 22.0 Å². The van der Waals surface area contributed by atoms with Crippen LogP contribution in [-0.2, 0) is 0 Å². The van der Waals surface area contributed by atoms with E-state index in [1.165, 1.54) is 12.1 Å². The molecule has 0 atom stereocenters. The van der Waals surface area contributed by atoms with Crippen molar-refractivity contribution in [2.75, 3.05) is 0 Å². The molecule has 0 aliphatic carbocycles. The highest BCUT2D eigenvalue weighted by molar-refractivity contribution is 6.12. The van der Waals surface area contributed by atoms with Gasteiger partial charge in [0.1, 0.15) is 11.6 Å². The number of fused-ring (bicyclic) bond motifs is 6. The van der Waals surface area contributed by atoms with Gasteiger partial charge in [-0.15, -0.1) is 0 Å². The summed E-state index contributed by atoms with van der Waals surface area (Å²) in [5.41, 5.74) is 7.99. The molecule has 4 heterocycles. The summed E-state index contributed by atoms with van der Waals surface area (Å²) >= 11 is 0. The van der Waals surface area contributed by atoms with Crippen LogP contribution in [0.25, 0.3) is 111 Å². The number of pyridine rings is 2. The molecule has 8 aromatic carbocycles. The number of hydrogen-bond donors (Lipinski definition) is 0. The van der Waals surface area contributed by atoms with Crippen molar-refractivity contribution in [3.63, 3.8) is 0 Å². The Morgan fingerprint density at radius 3 is 1.14 bits per heavy atom. The first-order chi connectivity index (χ1) is 33.8. The van der Waals surface area contributed by atoms with Crippen LogP contribution in [0.4, 0.5) is 22.0 Å². The monoisotopic (exact) mass is 905 g/mol. The first-order valence-electron chi connectivity index (χ1n) is 22.0. The van der Waals surface area contributed by atoms with E-state index in [9.17, 15) is 9.65 Å². The molecule has 0 aliphatic heterocycles. The largest absolute Gasteiger partial charge is 0.308 e. The second kappa shape index (κ2) is 16.3. The van der Waals surface area contributed by atoms with Crippen LogP contribution in [0.3, 0.4) is 0 Å². The zero-order valence-electron chi connectivity index (χ0n) is 36.1. The summed E-state index contributed by atoms with van der Waals surface area (Å²) < 4.78 is 80.8. The molecule has 0 N–H and O–H groups in total. The molecule has 12 aromatic rings. The van der Waals surface area contributed by atoms with Crippen LogP contribution in [-0.4, -0.2) is 19.1 Å². The molecule has 0 aliphatic rings. The highest BCUT2D eigenvalue weighted by Crippen LogP contribution is 2.43. The Balaban J connectivity index is 1.12. The fourth-order valence-electron chi connectivity index (χ4n) is 9.60. The summed E-state index contributed by atoms with van der Waals surface area (Å²) in [5.74, 6) is -10.4. The lowest BCUT2D eigenvalue weighted by Gasteiger charge is -2.19. The maximum absolute atomic E-state index is 16.1. The van der Waals surface area contributed by atoms with Gasteiger partial charge in [0.15, 0.2) is 23.3 Å². The Kier molecular flexibility index (Phi) is 9.74. The van der Waals surface area contributed by atoms with Gasteiger partial charge in [-0.25, -0.2) is 31.9 Å². The minimum atomic E-state index is -2.27. The van der Waals surface area contributed by atoms with Crippen molar-refractivity contribution >= 4 is 43.6 Å². The maximum atomic E-state index is 16.1. The van der Waals surface area contributed by atoms with Gasteiger partial charge >= 0.3 is 0 Å². The second-order valence-electron chi connectivity index (χ2n) is 16.7. The second-order valence-corrected chi connectivity index (χ2v) is 16.7. The predicted molar refractivity (Wildman–Crippen MR) is 262 cm³/mol. The van der Waals surface area contributed by atoms with Crippen LogP contribution < -0.4 is 0 Å². The third-order valence-electron chi connectivity index (χ3n) is 12.8. The van der Waals surface area contributed by atoms with E-state index >= 15 is 17.6 Å². The molecular formula is C59H32F5N5. The Morgan fingerprint density at radius 1 is 0.333 bits per heavy atom. The first kappa shape index (κ1) is 41.2. The first-order valence-corrected chi connectivity index (χ1v) is 22.0. The van der Waals surface area contributed by atoms with Gasteiger partial charge in [-0.05, 0) is 78.4 Å². The normalized spacial score (nSPS) is 11.5. The SMILES string of the molecule is N#Cc1c(-n2c3ccccc3c3cc(-c4cccc(-c5ccccc5)n4)ccc32)cc(-c2c(F)c(F)c(F)c(F)c2F)cc1-n1c2ccccc2c2cc(-c3cccc(-c4ccccc4)n3)ccc21. The molecule has 5 nitrogen and oxygen atoms in total. The molecular weight excluding hydrogens is 874 g/mol. The van der Waals surface area contributed by atoms with E-state index in [4.69, 9.17) is 9.97 Å². The number of rotatable bonds is 7. The van der Waals surface area contributed by atoms with E-state index in [0.29, 0.717) is 22.1 Å². The van der Waals surface area contributed by atoms with Crippen molar-refractivity contribution in [2.24, 2.45) is 0 Å². The number of aromatic nitrogens is 4. The number of nitriles is 1. The molecule has 328 valence electrons. The molecule has 0 saturated heterocycles. The molecule has 4 aromatic heterocycles. The van der Waals surface area contributed by atoms with E-state index < -0.39 is 34.6 Å². The van der Waals surface area contributed by atoms with Crippen molar-refractivity contribution in [2.45, 2.75) is 0 Å².